The topological polar surface area (TPSA) is 111 Å². The Kier molecular flexibility index (Phi) is 49.3. The summed E-state index contributed by atoms with van der Waals surface area (Å²) in [4.78, 5) is 37.8. The van der Waals surface area contributed by atoms with Crippen LogP contribution in [0.3, 0.4) is 0 Å². The molecule has 0 saturated heterocycles. The molecule has 0 bridgehead atoms. The van der Waals surface area contributed by atoms with Crippen LogP contribution >= 0.6 is 7.82 Å². The summed E-state index contributed by atoms with van der Waals surface area (Å²) in [7, 11) is 1.17. The molecule has 0 amide bonds. The van der Waals surface area contributed by atoms with Crippen LogP contribution in [0.4, 0.5) is 0 Å². The molecule has 402 valence electrons. The first kappa shape index (κ1) is 66.5. The van der Waals surface area contributed by atoms with Crippen LogP contribution in [0.1, 0.15) is 284 Å². The van der Waals surface area contributed by atoms with Crippen molar-refractivity contribution in [1.82, 2.24) is 0 Å². The summed E-state index contributed by atoms with van der Waals surface area (Å²) in [6.45, 7) is 4.24. The highest BCUT2D eigenvalue weighted by molar-refractivity contribution is 7.45. The van der Waals surface area contributed by atoms with Gasteiger partial charge < -0.3 is 27.9 Å². The third-order valence-corrected chi connectivity index (χ3v) is 13.9. The molecule has 0 aliphatic carbocycles. The maximum atomic E-state index is 12.7. The quantitative estimate of drug-likeness (QED) is 0.0195. The summed E-state index contributed by atoms with van der Waals surface area (Å²) in [5.41, 5.74) is 0. The number of unbranched alkanes of at least 4 members (excludes halogenated alkanes) is 36. The molecular weight excluding hydrogens is 870 g/mol. The number of hydrogen-bond donors (Lipinski definition) is 0. The maximum absolute atomic E-state index is 12.7. The molecule has 0 aliphatic rings. The molecule has 0 aromatic carbocycles. The zero-order chi connectivity index (χ0) is 49.9. The lowest BCUT2D eigenvalue weighted by atomic mass is 10.0. The van der Waals surface area contributed by atoms with Gasteiger partial charge in [0, 0.05) is 12.8 Å². The van der Waals surface area contributed by atoms with Crippen LogP contribution in [0.5, 0.6) is 0 Å². The fourth-order valence-electron chi connectivity index (χ4n) is 8.45. The van der Waals surface area contributed by atoms with Gasteiger partial charge in [0.25, 0.3) is 7.82 Å². The first-order valence-electron chi connectivity index (χ1n) is 29.0. The van der Waals surface area contributed by atoms with Gasteiger partial charge in [0.05, 0.1) is 27.7 Å². The van der Waals surface area contributed by atoms with E-state index in [9.17, 15) is 19.0 Å². The van der Waals surface area contributed by atoms with E-state index < -0.39 is 26.5 Å². The van der Waals surface area contributed by atoms with Crippen molar-refractivity contribution in [3.05, 3.63) is 24.3 Å². The Labute approximate surface area is 421 Å². The molecule has 10 heteroatoms. The number of carbonyl (C=O) groups excluding carboxylic acids is 2. The molecule has 0 aromatic rings. The number of phosphoric acid groups is 1. The average molecular weight is 983 g/mol. The van der Waals surface area contributed by atoms with Gasteiger partial charge in [0.2, 0.25) is 0 Å². The summed E-state index contributed by atoms with van der Waals surface area (Å²) >= 11 is 0. The average Bonchev–Trinajstić information content (AvgIpc) is 3.30. The van der Waals surface area contributed by atoms with E-state index in [1.165, 1.54) is 193 Å². The number of ether oxygens (including phenoxy) is 2. The molecule has 0 aromatic heterocycles. The normalized spacial score (nSPS) is 13.4. The fraction of sp³-hybridized carbons (Fsp3) is 0.897. The van der Waals surface area contributed by atoms with Gasteiger partial charge in [-0.25, -0.2) is 0 Å². The predicted octanol–water partition coefficient (Wildman–Crippen LogP) is 17.2. The molecule has 0 heterocycles. The minimum absolute atomic E-state index is 0.0315. The fourth-order valence-corrected chi connectivity index (χ4v) is 9.18. The van der Waals surface area contributed by atoms with Crippen molar-refractivity contribution in [3.8, 4) is 0 Å². The highest BCUT2D eigenvalue weighted by Crippen LogP contribution is 2.38. The maximum Gasteiger partial charge on any atom is 0.306 e. The van der Waals surface area contributed by atoms with Crippen LogP contribution in [0, 0.1) is 0 Å². The van der Waals surface area contributed by atoms with Crippen LogP contribution in [-0.2, 0) is 32.7 Å². The van der Waals surface area contributed by atoms with Gasteiger partial charge in [-0.3, -0.25) is 14.2 Å². The number of allylic oxidation sites excluding steroid dienone is 4. The zero-order valence-corrected chi connectivity index (χ0v) is 46.5. The van der Waals surface area contributed by atoms with Crippen molar-refractivity contribution in [2.24, 2.45) is 0 Å². The summed E-state index contributed by atoms with van der Waals surface area (Å²) < 4.78 is 34.1. The minimum Gasteiger partial charge on any atom is -0.756 e. The van der Waals surface area contributed by atoms with Crippen molar-refractivity contribution >= 4 is 19.8 Å². The van der Waals surface area contributed by atoms with Gasteiger partial charge in [0.15, 0.2) is 6.10 Å². The number of phosphoric ester groups is 1. The van der Waals surface area contributed by atoms with E-state index in [2.05, 4.69) is 38.2 Å². The van der Waals surface area contributed by atoms with E-state index in [1.54, 1.807) is 0 Å². The number of quaternary nitrogens is 1. The third kappa shape index (κ3) is 53.8. The van der Waals surface area contributed by atoms with E-state index in [1.807, 2.05) is 21.1 Å². The molecule has 2 atom stereocenters. The van der Waals surface area contributed by atoms with Gasteiger partial charge in [-0.1, -0.05) is 250 Å². The first-order valence-corrected chi connectivity index (χ1v) is 30.5. The number of hydrogen-bond acceptors (Lipinski definition) is 8. The van der Waals surface area contributed by atoms with Crippen LogP contribution < -0.4 is 4.89 Å². The van der Waals surface area contributed by atoms with E-state index in [4.69, 9.17) is 18.5 Å². The lowest BCUT2D eigenvalue weighted by Gasteiger charge is -2.28. The highest BCUT2D eigenvalue weighted by atomic mass is 31.2. The number of nitrogens with zero attached hydrogens (tertiary/aromatic N) is 1. The van der Waals surface area contributed by atoms with Crippen molar-refractivity contribution in [2.45, 2.75) is 290 Å². The minimum atomic E-state index is -4.63. The molecule has 0 saturated carbocycles. The molecule has 0 spiro atoms. The lowest BCUT2D eigenvalue weighted by molar-refractivity contribution is -0.870. The summed E-state index contributed by atoms with van der Waals surface area (Å²) in [6.07, 6.45) is 59.5. The Bertz CT molecular complexity index is 1200. The number of esters is 2. The molecule has 9 nitrogen and oxygen atoms in total. The summed E-state index contributed by atoms with van der Waals surface area (Å²) in [5.74, 6) is -0.836. The standard InChI is InChI=1S/C58H112NO8P/c1-6-8-10-12-14-16-18-20-22-23-24-25-26-27-28-29-30-31-32-33-34-35-37-38-40-42-44-46-48-50-57(60)64-54-56(55-66-68(62,63)65-53-52-59(3,4)5)67-58(61)51-49-47-45-43-41-39-36-21-19-17-15-13-11-9-7-2/h15,17,21,36,56H,6-14,16,18-20,22-35,37-55H2,1-5H3/b17-15-,36-21-. The van der Waals surface area contributed by atoms with Crippen LogP contribution in [0.2, 0.25) is 0 Å². The number of carbonyl (C=O) groups is 2. The van der Waals surface area contributed by atoms with Gasteiger partial charge in [-0.2, -0.15) is 0 Å². The van der Waals surface area contributed by atoms with Crippen LogP contribution in [-0.4, -0.2) is 70.0 Å². The number of rotatable bonds is 54. The van der Waals surface area contributed by atoms with Gasteiger partial charge in [0.1, 0.15) is 19.8 Å². The second-order valence-corrected chi connectivity index (χ2v) is 22.4. The smallest absolute Gasteiger partial charge is 0.306 e. The SMILES string of the molecule is CCCCC/C=C\C/C=C\CCCCCCCC(=O)OC(COC(=O)CCCCCCCCCCCCCCCCCCCCCCCCCCCCCCC)COP(=O)([O-])OCC[N+](C)(C)C. The van der Waals surface area contributed by atoms with Gasteiger partial charge >= 0.3 is 11.9 Å². The van der Waals surface area contributed by atoms with Gasteiger partial charge in [-0.15, -0.1) is 0 Å². The largest absolute Gasteiger partial charge is 0.756 e. The molecule has 0 rings (SSSR count). The molecule has 0 aliphatic heterocycles. The predicted molar refractivity (Wildman–Crippen MR) is 287 cm³/mol. The molecule has 2 unspecified atom stereocenters. The van der Waals surface area contributed by atoms with Crippen molar-refractivity contribution in [2.75, 3.05) is 47.5 Å². The van der Waals surface area contributed by atoms with Gasteiger partial charge in [-0.05, 0) is 44.9 Å². The van der Waals surface area contributed by atoms with E-state index in [0.29, 0.717) is 17.4 Å². The first-order chi connectivity index (χ1) is 33.0. The Morgan fingerprint density at radius 2 is 0.794 bits per heavy atom. The second kappa shape index (κ2) is 50.4. The highest BCUT2D eigenvalue weighted by Gasteiger charge is 2.22. The Morgan fingerprint density at radius 3 is 1.19 bits per heavy atom. The third-order valence-electron chi connectivity index (χ3n) is 13.0. The van der Waals surface area contributed by atoms with Crippen molar-refractivity contribution in [1.29, 1.82) is 0 Å². The van der Waals surface area contributed by atoms with Crippen LogP contribution in [0.15, 0.2) is 24.3 Å². The van der Waals surface area contributed by atoms with Crippen molar-refractivity contribution in [3.63, 3.8) is 0 Å². The Hall–Kier alpha value is -1.51. The van der Waals surface area contributed by atoms with E-state index in [0.717, 1.165) is 57.8 Å². The summed E-state index contributed by atoms with van der Waals surface area (Å²) in [6, 6.07) is 0. The summed E-state index contributed by atoms with van der Waals surface area (Å²) in [5, 5.41) is 0. The second-order valence-electron chi connectivity index (χ2n) is 21.0. The molecule has 68 heavy (non-hydrogen) atoms. The van der Waals surface area contributed by atoms with E-state index in [-0.39, 0.29) is 32.0 Å². The monoisotopic (exact) mass is 982 g/mol. The lowest BCUT2D eigenvalue weighted by Crippen LogP contribution is -2.37. The van der Waals surface area contributed by atoms with E-state index >= 15 is 0 Å². The van der Waals surface area contributed by atoms with Crippen molar-refractivity contribution < 1.29 is 42.1 Å². The van der Waals surface area contributed by atoms with Crippen LogP contribution in [0.25, 0.3) is 0 Å². The Balaban J connectivity index is 4.03. The zero-order valence-electron chi connectivity index (χ0n) is 45.6. The number of likely N-dealkylation sites (N-methyl/N-ethyl adjacent to an activating group) is 1. The Morgan fingerprint density at radius 1 is 0.456 bits per heavy atom. The molecule has 0 radical (unpaired) electrons. The molecule has 0 fully saturated rings. The molecular formula is C58H112NO8P. The molecule has 0 N–H and O–H groups in total.